The molecule has 5 N–H and O–H groups in total. The van der Waals surface area contributed by atoms with Crippen molar-refractivity contribution in [3.8, 4) is 0 Å². The van der Waals surface area contributed by atoms with Crippen molar-refractivity contribution in [2.24, 2.45) is 0 Å². The number of aliphatic hydroxyl groups excluding tert-OH is 3. The Labute approximate surface area is 124 Å². The fourth-order valence-corrected chi connectivity index (χ4v) is 2.70. The zero-order valence-corrected chi connectivity index (χ0v) is 11.8. The number of anilines is 1. The quantitative estimate of drug-likeness (QED) is 0.509. The molecule has 2 aromatic rings. The van der Waals surface area contributed by atoms with E-state index >= 15 is 0 Å². The van der Waals surface area contributed by atoms with Crippen molar-refractivity contribution >= 4 is 28.6 Å². The Hall–Kier alpha value is -1.52. The van der Waals surface area contributed by atoms with Gasteiger partial charge in [-0.05, 0) is 18.5 Å². The summed E-state index contributed by atoms with van der Waals surface area (Å²) in [7, 11) is 0. The van der Waals surface area contributed by atoms with Crippen LogP contribution in [0.4, 0.5) is 5.82 Å². The molecule has 1 fully saturated rings. The maximum Gasteiger partial charge on any atom is 0.226 e. The third-order valence-corrected chi connectivity index (χ3v) is 3.87. The van der Waals surface area contributed by atoms with Crippen LogP contribution in [0.15, 0.2) is 6.33 Å². The van der Waals surface area contributed by atoms with Gasteiger partial charge in [0.2, 0.25) is 5.28 Å². The van der Waals surface area contributed by atoms with E-state index in [4.69, 9.17) is 22.1 Å². The van der Waals surface area contributed by atoms with Gasteiger partial charge < -0.3 is 25.8 Å². The molecule has 1 aliphatic heterocycles. The number of ether oxygens (including phenoxy) is 1. The van der Waals surface area contributed by atoms with Crippen LogP contribution in [0.25, 0.3) is 11.2 Å². The molecule has 1 aliphatic rings. The Balaban J connectivity index is 2.16. The molecule has 0 aromatic carbocycles. The fourth-order valence-electron chi connectivity index (χ4n) is 2.53. The first-order valence-corrected chi connectivity index (χ1v) is 6.57. The van der Waals surface area contributed by atoms with Crippen LogP contribution < -0.4 is 5.73 Å². The number of rotatable bonds is 2. The van der Waals surface area contributed by atoms with Gasteiger partial charge in [-0.15, -0.1) is 0 Å². The predicted molar refractivity (Wildman–Crippen MR) is 72.4 cm³/mol. The van der Waals surface area contributed by atoms with Crippen LogP contribution in [0.3, 0.4) is 0 Å². The summed E-state index contributed by atoms with van der Waals surface area (Å²) in [6.07, 6.45) is -2.09. The first-order chi connectivity index (χ1) is 9.88. The van der Waals surface area contributed by atoms with Crippen molar-refractivity contribution < 1.29 is 20.1 Å². The van der Waals surface area contributed by atoms with Crippen LogP contribution in [-0.2, 0) is 10.5 Å². The van der Waals surface area contributed by atoms with Crippen molar-refractivity contribution in [1.82, 2.24) is 19.5 Å². The molecule has 2 aromatic heterocycles. The molecule has 3 heterocycles. The number of hydrogen-bond acceptors (Lipinski definition) is 8. The van der Waals surface area contributed by atoms with Crippen molar-refractivity contribution in [1.29, 1.82) is 0 Å². The Morgan fingerprint density at radius 3 is 2.81 bits per heavy atom. The van der Waals surface area contributed by atoms with Crippen LogP contribution >= 0.6 is 11.6 Å². The molecule has 114 valence electrons. The fraction of sp³-hybridized carbons (Fsp3) is 0.545. The van der Waals surface area contributed by atoms with E-state index in [1.807, 2.05) is 0 Å². The molecule has 10 heteroatoms. The summed E-state index contributed by atoms with van der Waals surface area (Å²) in [6, 6.07) is 0. The van der Waals surface area contributed by atoms with Gasteiger partial charge in [0.05, 0.1) is 12.9 Å². The van der Waals surface area contributed by atoms with E-state index in [2.05, 4.69) is 15.0 Å². The highest BCUT2D eigenvalue weighted by molar-refractivity contribution is 6.28. The summed E-state index contributed by atoms with van der Waals surface area (Å²) >= 11 is 5.79. The molecule has 0 amide bonds. The number of aromatic nitrogens is 4. The second-order valence-electron chi connectivity index (χ2n) is 4.99. The van der Waals surface area contributed by atoms with Crippen LogP contribution in [0.2, 0.25) is 5.28 Å². The normalized spacial score (nSPS) is 32.9. The highest BCUT2D eigenvalue weighted by atomic mass is 35.5. The number of hydrogen-bond donors (Lipinski definition) is 4. The smallest absolute Gasteiger partial charge is 0.226 e. The number of nitrogens with zero attached hydrogens (tertiary/aromatic N) is 4. The summed E-state index contributed by atoms with van der Waals surface area (Å²) in [5.74, 6) is 0.0964. The maximum atomic E-state index is 10.2. The van der Waals surface area contributed by atoms with Crippen molar-refractivity contribution in [3.05, 3.63) is 11.6 Å². The van der Waals surface area contributed by atoms with Gasteiger partial charge in [-0.3, -0.25) is 4.57 Å². The van der Waals surface area contributed by atoms with Crippen LogP contribution in [-0.4, -0.2) is 59.8 Å². The molecule has 0 spiro atoms. The summed E-state index contributed by atoms with van der Waals surface area (Å²) in [5.41, 5.74) is 4.92. The molecular formula is C11H14ClN5O4. The lowest BCUT2D eigenvalue weighted by Crippen LogP contribution is -2.43. The summed E-state index contributed by atoms with van der Waals surface area (Å²) in [5, 5.41) is 29.3. The number of imidazole rings is 1. The van der Waals surface area contributed by atoms with Crippen molar-refractivity contribution in [2.45, 2.75) is 31.0 Å². The number of aliphatic hydroxyl groups is 3. The minimum Gasteiger partial charge on any atom is -0.394 e. The molecule has 4 atom stereocenters. The van der Waals surface area contributed by atoms with E-state index in [0.717, 1.165) is 0 Å². The van der Waals surface area contributed by atoms with E-state index < -0.39 is 30.6 Å². The first-order valence-electron chi connectivity index (χ1n) is 6.20. The van der Waals surface area contributed by atoms with E-state index in [1.54, 1.807) is 6.92 Å². The molecule has 0 unspecified atom stereocenters. The summed E-state index contributed by atoms with van der Waals surface area (Å²) in [4.78, 5) is 11.9. The maximum absolute atomic E-state index is 10.2. The average Bonchev–Trinajstić information content (AvgIpc) is 2.95. The van der Waals surface area contributed by atoms with Crippen LogP contribution in [0, 0.1) is 0 Å². The second-order valence-corrected chi connectivity index (χ2v) is 5.33. The molecule has 0 aliphatic carbocycles. The Morgan fingerprint density at radius 2 is 2.19 bits per heavy atom. The van der Waals surface area contributed by atoms with Gasteiger partial charge in [0.1, 0.15) is 23.8 Å². The monoisotopic (exact) mass is 315 g/mol. The Bertz CT molecular complexity index is 695. The predicted octanol–water partition coefficient (Wildman–Crippen LogP) is -1.15. The second kappa shape index (κ2) is 4.75. The van der Waals surface area contributed by atoms with Crippen LogP contribution in [0.1, 0.15) is 6.92 Å². The van der Waals surface area contributed by atoms with Gasteiger partial charge in [0.15, 0.2) is 17.2 Å². The summed E-state index contributed by atoms with van der Waals surface area (Å²) in [6.45, 7) is 1.11. The van der Waals surface area contributed by atoms with Gasteiger partial charge in [0, 0.05) is 0 Å². The molecule has 21 heavy (non-hydrogen) atoms. The topological polar surface area (TPSA) is 140 Å². The standard InChI is InChI=1S/C11H14ClN5O4/c1-11(7(20)6(19)4(2-18)21-11)17-3-14-5-8(13)15-10(12)16-9(5)17/h3-4,6-7,18-20H,2H2,1H3,(H2,13,15,16)/t4-,6-,7-,11-/m1/s1. The van der Waals surface area contributed by atoms with E-state index in [1.165, 1.54) is 10.9 Å². The SMILES string of the molecule is C[C@@]1(n2cnc3c(N)nc(Cl)nc32)O[C@H](CO)[C@@H](O)[C@H]1O. The zero-order chi connectivity index (χ0) is 15.4. The average molecular weight is 316 g/mol. The van der Waals surface area contributed by atoms with Crippen molar-refractivity contribution in [3.63, 3.8) is 0 Å². The third kappa shape index (κ3) is 1.97. The molecule has 9 nitrogen and oxygen atoms in total. The highest BCUT2D eigenvalue weighted by Crippen LogP contribution is 2.37. The molecular weight excluding hydrogens is 302 g/mol. The molecule has 0 bridgehead atoms. The Kier molecular flexibility index (Phi) is 3.26. The van der Waals surface area contributed by atoms with E-state index in [9.17, 15) is 15.3 Å². The lowest BCUT2D eigenvalue weighted by Gasteiger charge is -2.29. The number of halogens is 1. The third-order valence-electron chi connectivity index (χ3n) is 3.70. The lowest BCUT2D eigenvalue weighted by molar-refractivity contribution is -0.132. The van der Waals surface area contributed by atoms with Crippen LogP contribution in [0.5, 0.6) is 0 Å². The molecule has 1 saturated heterocycles. The number of nitrogen functional groups attached to an aromatic ring is 1. The van der Waals surface area contributed by atoms with E-state index in [-0.39, 0.29) is 16.7 Å². The largest absolute Gasteiger partial charge is 0.394 e. The van der Waals surface area contributed by atoms with Gasteiger partial charge in [-0.1, -0.05) is 0 Å². The first kappa shape index (κ1) is 14.4. The van der Waals surface area contributed by atoms with Gasteiger partial charge in [0.25, 0.3) is 0 Å². The minimum atomic E-state index is -1.37. The van der Waals surface area contributed by atoms with Gasteiger partial charge >= 0.3 is 0 Å². The molecule has 0 saturated carbocycles. The highest BCUT2D eigenvalue weighted by Gasteiger charge is 2.52. The molecule has 0 radical (unpaired) electrons. The van der Waals surface area contributed by atoms with Gasteiger partial charge in [-0.25, -0.2) is 4.98 Å². The van der Waals surface area contributed by atoms with E-state index in [0.29, 0.717) is 5.52 Å². The molecule has 3 rings (SSSR count). The number of nitrogens with two attached hydrogens (primary N) is 1. The minimum absolute atomic E-state index is 0.0721. The zero-order valence-electron chi connectivity index (χ0n) is 11.0. The van der Waals surface area contributed by atoms with Crippen molar-refractivity contribution in [2.75, 3.05) is 12.3 Å². The summed E-state index contributed by atoms with van der Waals surface area (Å²) < 4.78 is 7.00. The number of fused-ring (bicyclic) bond motifs is 1. The Morgan fingerprint density at radius 1 is 1.48 bits per heavy atom. The van der Waals surface area contributed by atoms with Gasteiger partial charge in [-0.2, -0.15) is 9.97 Å². The lowest BCUT2D eigenvalue weighted by atomic mass is 10.0.